The van der Waals surface area contributed by atoms with Gasteiger partial charge in [-0.15, -0.1) is 0 Å². The quantitative estimate of drug-likeness (QED) is 0.827. The monoisotopic (exact) mass is 315 g/mol. The van der Waals surface area contributed by atoms with Gasteiger partial charge in [0.2, 0.25) is 0 Å². The first-order chi connectivity index (χ1) is 11.3. The normalized spacial score (nSPS) is 15.6. The number of pyridine rings is 1. The predicted octanol–water partition coefficient (Wildman–Crippen LogP) is -0.145. The second-order valence-electron chi connectivity index (χ2n) is 5.44. The largest absolute Gasteiger partial charge is 0.355 e. The molecule has 0 saturated carbocycles. The van der Waals surface area contributed by atoms with Crippen LogP contribution in [-0.2, 0) is 6.54 Å². The average molecular weight is 315 g/mol. The molecule has 0 bridgehead atoms. The van der Waals surface area contributed by atoms with E-state index in [4.69, 9.17) is 0 Å². The summed E-state index contributed by atoms with van der Waals surface area (Å²) in [5, 5.41) is 6.79. The van der Waals surface area contributed by atoms with Gasteiger partial charge in [0.25, 0.3) is 5.91 Å². The molecule has 1 amide bonds. The van der Waals surface area contributed by atoms with E-state index >= 15 is 0 Å². The average Bonchev–Trinajstić information content (AvgIpc) is 3.13. The number of amides is 1. The third-order valence-corrected chi connectivity index (χ3v) is 4.04. The first-order valence-electron chi connectivity index (χ1n) is 7.75. The molecule has 3 heterocycles. The van der Waals surface area contributed by atoms with E-state index in [2.05, 4.69) is 30.2 Å². The lowest BCUT2D eigenvalue weighted by Gasteiger charge is -2.35. The van der Waals surface area contributed by atoms with Crippen LogP contribution in [0.1, 0.15) is 10.4 Å². The summed E-state index contributed by atoms with van der Waals surface area (Å²) in [6, 6.07) is 3.61. The minimum atomic E-state index is -0.0956. The van der Waals surface area contributed by atoms with Crippen molar-refractivity contribution in [2.24, 2.45) is 0 Å². The summed E-state index contributed by atoms with van der Waals surface area (Å²) in [4.78, 5) is 24.9. The van der Waals surface area contributed by atoms with Crippen molar-refractivity contribution in [2.75, 3.05) is 44.7 Å². The summed E-state index contributed by atoms with van der Waals surface area (Å²) < 4.78 is 1.84. The minimum absolute atomic E-state index is 0.0956. The molecule has 3 rings (SSSR count). The van der Waals surface area contributed by atoms with E-state index in [9.17, 15) is 4.79 Å². The maximum atomic E-state index is 12.0. The van der Waals surface area contributed by atoms with Crippen LogP contribution in [0.25, 0.3) is 0 Å². The molecule has 0 atom stereocenters. The number of nitrogens with one attached hydrogen (secondary N) is 1. The first-order valence-corrected chi connectivity index (χ1v) is 7.75. The Balaban J connectivity index is 1.58. The molecule has 2 aromatic heterocycles. The molecule has 1 aliphatic rings. The molecular formula is C15H21N7O. The number of nitrogens with zero attached hydrogens (tertiary/aromatic N) is 6. The molecule has 0 unspecified atom stereocenters. The fourth-order valence-electron chi connectivity index (χ4n) is 2.74. The van der Waals surface area contributed by atoms with Gasteiger partial charge in [-0.05, 0) is 12.1 Å². The van der Waals surface area contributed by atoms with Gasteiger partial charge in [0.15, 0.2) is 0 Å². The first kappa shape index (κ1) is 15.4. The van der Waals surface area contributed by atoms with Gasteiger partial charge in [-0.1, -0.05) is 0 Å². The van der Waals surface area contributed by atoms with Gasteiger partial charge < -0.3 is 10.2 Å². The Labute approximate surface area is 135 Å². The molecule has 1 fully saturated rings. The molecule has 0 spiro atoms. The number of anilines is 1. The lowest BCUT2D eigenvalue weighted by molar-refractivity contribution is 0.0963. The molecule has 0 aliphatic carbocycles. The van der Waals surface area contributed by atoms with E-state index in [-0.39, 0.29) is 5.91 Å². The topological polar surface area (TPSA) is 79.2 Å². The Morgan fingerprint density at radius 1 is 1.26 bits per heavy atom. The molecule has 1 N–H and O–H groups in total. The van der Waals surface area contributed by atoms with Gasteiger partial charge in [-0.25, -0.2) is 9.97 Å². The SMILES string of the molecule is CNC(=O)c1cccnc1N1CCN(CCn2cncn2)CC1. The summed E-state index contributed by atoms with van der Waals surface area (Å²) in [5.74, 6) is 0.671. The molecule has 8 nitrogen and oxygen atoms in total. The molecule has 1 aliphatic heterocycles. The smallest absolute Gasteiger partial charge is 0.254 e. The van der Waals surface area contributed by atoms with Gasteiger partial charge in [0.1, 0.15) is 18.5 Å². The number of rotatable bonds is 5. The van der Waals surface area contributed by atoms with Crippen molar-refractivity contribution in [1.29, 1.82) is 0 Å². The Morgan fingerprint density at radius 2 is 2.09 bits per heavy atom. The fraction of sp³-hybridized carbons (Fsp3) is 0.467. The Bertz CT molecular complexity index is 635. The van der Waals surface area contributed by atoms with Crippen molar-refractivity contribution in [1.82, 2.24) is 30.0 Å². The summed E-state index contributed by atoms with van der Waals surface area (Å²) in [6.45, 7) is 5.39. The van der Waals surface area contributed by atoms with E-state index in [1.165, 1.54) is 0 Å². The molecule has 0 radical (unpaired) electrons. The standard InChI is InChI=1S/C15H21N7O/c1-16-15(23)13-3-2-4-18-14(13)21-8-5-20(6-9-21)7-10-22-12-17-11-19-22/h2-4,11-12H,5-10H2,1H3,(H,16,23). The predicted molar refractivity (Wildman–Crippen MR) is 86.3 cm³/mol. The highest BCUT2D eigenvalue weighted by Crippen LogP contribution is 2.18. The number of piperazine rings is 1. The molecule has 122 valence electrons. The van der Waals surface area contributed by atoms with Gasteiger partial charge in [-0.3, -0.25) is 14.4 Å². The molecule has 8 heteroatoms. The molecule has 23 heavy (non-hydrogen) atoms. The molecule has 1 saturated heterocycles. The van der Waals surface area contributed by atoms with Crippen molar-refractivity contribution in [2.45, 2.75) is 6.54 Å². The van der Waals surface area contributed by atoms with Crippen LogP contribution in [0.5, 0.6) is 0 Å². The van der Waals surface area contributed by atoms with E-state index in [1.54, 1.807) is 32.0 Å². The van der Waals surface area contributed by atoms with Crippen LogP contribution in [0.3, 0.4) is 0 Å². The lowest BCUT2D eigenvalue weighted by atomic mass is 10.2. The summed E-state index contributed by atoms with van der Waals surface area (Å²) in [5.41, 5.74) is 0.631. The van der Waals surface area contributed by atoms with Crippen molar-refractivity contribution >= 4 is 11.7 Å². The Kier molecular flexibility index (Phi) is 4.82. The molecule has 2 aromatic rings. The zero-order valence-corrected chi connectivity index (χ0v) is 13.2. The van der Waals surface area contributed by atoms with Crippen molar-refractivity contribution in [3.63, 3.8) is 0 Å². The van der Waals surface area contributed by atoms with E-state index in [0.717, 1.165) is 45.1 Å². The van der Waals surface area contributed by atoms with Crippen LogP contribution >= 0.6 is 0 Å². The number of carbonyl (C=O) groups is 1. The van der Waals surface area contributed by atoms with E-state index < -0.39 is 0 Å². The fourth-order valence-corrected chi connectivity index (χ4v) is 2.74. The summed E-state index contributed by atoms with van der Waals surface area (Å²) in [6.07, 6.45) is 5.03. The van der Waals surface area contributed by atoms with Crippen molar-refractivity contribution < 1.29 is 4.79 Å². The van der Waals surface area contributed by atoms with Gasteiger partial charge in [-0.2, -0.15) is 5.10 Å². The molecular weight excluding hydrogens is 294 g/mol. The van der Waals surface area contributed by atoms with Gasteiger partial charge in [0, 0.05) is 46.0 Å². The Morgan fingerprint density at radius 3 is 2.78 bits per heavy atom. The highest BCUT2D eigenvalue weighted by Gasteiger charge is 2.21. The maximum Gasteiger partial charge on any atom is 0.254 e. The van der Waals surface area contributed by atoms with Gasteiger partial charge >= 0.3 is 0 Å². The third kappa shape index (κ3) is 3.65. The van der Waals surface area contributed by atoms with Gasteiger partial charge in [0.05, 0.1) is 12.1 Å². The van der Waals surface area contributed by atoms with Crippen LogP contribution in [0.2, 0.25) is 0 Å². The zero-order valence-electron chi connectivity index (χ0n) is 13.2. The van der Waals surface area contributed by atoms with Crippen LogP contribution < -0.4 is 10.2 Å². The second-order valence-corrected chi connectivity index (χ2v) is 5.44. The number of aromatic nitrogens is 4. The number of carbonyl (C=O) groups excluding carboxylic acids is 1. The zero-order chi connectivity index (χ0) is 16.1. The van der Waals surface area contributed by atoms with Crippen molar-refractivity contribution in [3.05, 3.63) is 36.5 Å². The van der Waals surface area contributed by atoms with Crippen LogP contribution in [0, 0.1) is 0 Å². The summed E-state index contributed by atoms with van der Waals surface area (Å²) in [7, 11) is 1.64. The van der Waals surface area contributed by atoms with E-state index in [1.807, 2.05) is 10.7 Å². The minimum Gasteiger partial charge on any atom is -0.355 e. The Hall–Kier alpha value is -2.48. The van der Waals surface area contributed by atoms with E-state index in [0.29, 0.717) is 5.56 Å². The second kappa shape index (κ2) is 7.19. The third-order valence-electron chi connectivity index (χ3n) is 4.04. The number of hydrogen-bond acceptors (Lipinski definition) is 6. The van der Waals surface area contributed by atoms with Crippen LogP contribution in [-0.4, -0.2) is 70.3 Å². The maximum absolute atomic E-state index is 12.0. The highest BCUT2D eigenvalue weighted by atomic mass is 16.1. The summed E-state index contributed by atoms with van der Waals surface area (Å²) >= 11 is 0. The highest BCUT2D eigenvalue weighted by molar-refractivity contribution is 5.98. The lowest BCUT2D eigenvalue weighted by Crippen LogP contribution is -2.48. The molecule has 0 aromatic carbocycles. The van der Waals surface area contributed by atoms with Crippen LogP contribution in [0.15, 0.2) is 31.0 Å². The van der Waals surface area contributed by atoms with Crippen LogP contribution in [0.4, 0.5) is 5.82 Å². The van der Waals surface area contributed by atoms with Crippen molar-refractivity contribution in [3.8, 4) is 0 Å². The number of hydrogen-bond donors (Lipinski definition) is 1.